The minimum atomic E-state index is -3.71. The molecule has 5 nitrogen and oxygen atoms in total. The number of aliphatic carboxylic acids is 1. The fourth-order valence-electron chi connectivity index (χ4n) is 1.17. The summed E-state index contributed by atoms with van der Waals surface area (Å²) in [6.07, 6.45) is 0. The number of hydrogen-bond acceptors (Lipinski definition) is 4. The number of aryl methyl sites for hydroxylation is 2. The van der Waals surface area contributed by atoms with E-state index in [1.165, 1.54) is 14.0 Å². The molecule has 0 aliphatic rings. The largest absolute Gasteiger partial charge is 0.480 e. The van der Waals surface area contributed by atoms with Crippen LogP contribution in [0.2, 0.25) is 0 Å². The summed E-state index contributed by atoms with van der Waals surface area (Å²) in [6.45, 7) is 5.00. The van der Waals surface area contributed by atoms with E-state index in [9.17, 15) is 13.2 Å². The number of carbonyl (C=O) groups is 1. The Balaban J connectivity index is 3.15. The SMILES string of the molecule is Cc1cc(S(=O)(=O)N(C)C(C)C(=O)O)sc1C. The highest BCUT2D eigenvalue weighted by Gasteiger charge is 2.30. The molecule has 1 unspecified atom stereocenters. The van der Waals surface area contributed by atoms with Gasteiger partial charge in [0.25, 0.3) is 10.0 Å². The Kier molecular flexibility index (Phi) is 3.95. The van der Waals surface area contributed by atoms with E-state index in [0.29, 0.717) is 0 Å². The fourth-order valence-corrected chi connectivity index (χ4v) is 4.19. The van der Waals surface area contributed by atoms with Gasteiger partial charge in [-0.15, -0.1) is 11.3 Å². The zero-order chi connectivity index (χ0) is 13.4. The summed E-state index contributed by atoms with van der Waals surface area (Å²) in [4.78, 5) is 11.7. The first-order valence-corrected chi connectivity index (χ1v) is 7.21. The number of likely N-dealkylation sites (N-methyl/N-ethyl adjacent to an activating group) is 1. The summed E-state index contributed by atoms with van der Waals surface area (Å²) >= 11 is 1.16. The molecule has 17 heavy (non-hydrogen) atoms. The molecule has 0 radical (unpaired) electrons. The molecular formula is C10H15NO4S2. The molecular weight excluding hydrogens is 262 g/mol. The lowest BCUT2D eigenvalue weighted by Crippen LogP contribution is -2.39. The van der Waals surface area contributed by atoms with Crippen molar-refractivity contribution in [1.29, 1.82) is 0 Å². The van der Waals surface area contributed by atoms with Gasteiger partial charge in [-0.05, 0) is 32.4 Å². The van der Waals surface area contributed by atoms with Gasteiger partial charge < -0.3 is 5.11 Å². The Bertz CT molecular complexity index is 513. The Morgan fingerprint density at radius 2 is 2.00 bits per heavy atom. The highest BCUT2D eigenvalue weighted by Crippen LogP contribution is 2.27. The van der Waals surface area contributed by atoms with Gasteiger partial charge in [0.15, 0.2) is 0 Å². The van der Waals surface area contributed by atoms with Crippen LogP contribution in [0.15, 0.2) is 10.3 Å². The van der Waals surface area contributed by atoms with Crippen LogP contribution >= 0.6 is 11.3 Å². The maximum atomic E-state index is 12.1. The maximum absolute atomic E-state index is 12.1. The zero-order valence-corrected chi connectivity index (χ0v) is 11.7. The van der Waals surface area contributed by atoms with Crippen molar-refractivity contribution in [1.82, 2.24) is 4.31 Å². The fraction of sp³-hybridized carbons (Fsp3) is 0.500. The van der Waals surface area contributed by atoms with Gasteiger partial charge in [-0.25, -0.2) is 8.42 Å². The lowest BCUT2D eigenvalue weighted by Gasteiger charge is -2.19. The first-order chi connectivity index (χ1) is 7.67. The summed E-state index contributed by atoms with van der Waals surface area (Å²) in [6, 6.07) is 0.489. The molecule has 1 rings (SSSR count). The van der Waals surface area contributed by atoms with Gasteiger partial charge in [0, 0.05) is 11.9 Å². The monoisotopic (exact) mass is 277 g/mol. The third kappa shape index (κ3) is 2.67. The number of hydrogen-bond donors (Lipinski definition) is 1. The predicted octanol–water partition coefficient (Wildman–Crippen LogP) is 1.46. The summed E-state index contributed by atoms with van der Waals surface area (Å²) in [7, 11) is -2.44. The van der Waals surface area contributed by atoms with Crippen LogP contribution in [0.5, 0.6) is 0 Å². The molecule has 0 amide bonds. The van der Waals surface area contributed by atoms with Gasteiger partial charge >= 0.3 is 5.97 Å². The van der Waals surface area contributed by atoms with Crippen molar-refractivity contribution in [2.45, 2.75) is 31.0 Å². The van der Waals surface area contributed by atoms with Gasteiger partial charge in [-0.1, -0.05) is 0 Å². The summed E-state index contributed by atoms with van der Waals surface area (Å²) < 4.78 is 25.3. The van der Waals surface area contributed by atoms with E-state index in [2.05, 4.69) is 0 Å². The Morgan fingerprint density at radius 3 is 2.35 bits per heavy atom. The number of carboxylic acids is 1. The van der Waals surface area contributed by atoms with Crippen molar-refractivity contribution in [3.63, 3.8) is 0 Å². The zero-order valence-electron chi connectivity index (χ0n) is 10.1. The summed E-state index contributed by atoms with van der Waals surface area (Å²) in [5.41, 5.74) is 0.893. The number of nitrogens with zero attached hydrogens (tertiary/aromatic N) is 1. The summed E-state index contributed by atoms with van der Waals surface area (Å²) in [5.74, 6) is -1.17. The predicted molar refractivity (Wildman–Crippen MR) is 65.8 cm³/mol. The first-order valence-electron chi connectivity index (χ1n) is 4.95. The topological polar surface area (TPSA) is 74.7 Å². The molecule has 7 heteroatoms. The smallest absolute Gasteiger partial charge is 0.321 e. The van der Waals surface area contributed by atoms with Crippen molar-refractivity contribution in [2.24, 2.45) is 0 Å². The van der Waals surface area contributed by atoms with Crippen LogP contribution in [0.4, 0.5) is 0 Å². The van der Waals surface area contributed by atoms with E-state index in [1.54, 1.807) is 6.07 Å². The van der Waals surface area contributed by atoms with Crippen LogP contribution in [0.3, 0.4) is 0 Å². The van der Waals surface area contributed by atoms with Crippen LogP contribution in [-0.4, -0.2) is 36.9 Å². The van der Waals surface area contributed by atoms with E-state index >= 15 is 0 Å². The van der Waals surface area contributed by atoms with Crippen LogP contribution in [0.1, 0.15) is 17.4 Å². The molecule has 1 N–H and O–H groups in total. The van der Waals surface area contributed by atoms with Crippen LogP contribution in [0, 0.1) is 13.8 Å². The minimum absolute atomic E-state index is 0.183. The maximum Gasteiger partial charge on any atom is 0.321 e. The molecule has 0 fully saturated rings. The second kappa shape index (κ2) is 4.75. The molecule has 0 bridgehead atoms. The number of sulfonamides is 1. The number of thiophene rings is 1. The van der Waals surface area contributed by atoms with E-state index < -0.39 is 22.0 Å². The van der Waals surface area contributed by atoms with Crippen LogP contribution in [0.25, 0.3) is 0 Å². The van der Waals surface area contributed by atoms with Crippen molar-refractivity contribution in [3.8, 4) is 0 Å². The van der Waals surface area contributed by atoms with Crippen molar-refractivity contribution < 1.29 is 18.3 Å². The molecule has 96 valence electrons. The van der Waals surface area contributed by atoms with Crippen molar-refractivity contribution in [2.75, 3.05) is 7.05 Å². The molecule has 0 saturated carbocycles. The van der Waals surface area contributed by atoms with Crippen LogP contribution in [-0.2, 0) is 14.8 Å². The molecule has 1 aromatic rings. The second-order valence-corrected chi connectivity index (χ2v) is 7.32. The second-order valence-electron chi connectivity index (χ2n) is 3.84. The molecule has 1 aromatic heterocycles. The van der Waals surface area contributed by atoms with Gasteiger partial charge in [0.1, 0.15) is 10.3 Å². The van der Waals surface area contributed by atoms with E-state index in [1.807, 2.05) is 13.8 Å². The Hall–Kier alpha value is -0.920. The number of rotatable bonds is 4. The third-order valence-corrected chi connectivity index (χ3v) is 6.21. The van der Waals surface area contributed by atoms with E-state index in [4.69, 9.17) is 5.11 Å². The average Bonchev–Trinajstić information content (AvgIpc) is 2.57. The average molecular weight is 277 g/mol. The Morgan fingerprint density at radius 1 is 1.47 bits per heavy atom. The van der Waals surface area contributed by atoms with Gasteiger partial charge in [-0.2, -0.15) is 4.31 Å². The molecule has 1 atom stereocenters. The molecule has 0 spiro atoms. The first kappa shape index (κ1) is 14.1. The van der Waals surface area contributed by atoms with Crippen LogP contribution < -0.4 is 0 Å². The molecule has 0 aromatic carbocycles. The number of carboxylic acid groups (broad SMARTS) is 1. The lowest BCUT2D eigenvalue weighted by molar-refractivity contribution is -0.140. The normalized spacial score (nSPS) is 13.9. The highest BCUT2D eigenvalue weighted by molar-refractivity contribution is 7.91. The minimum Gasteiger partial charge on any atom is -0.480 e. The molecule has 0 saturated heterocycles. The lowest BCUT2D eigenvalue weighted by atomic mass is 10.3. The van der Waals surface area contributed by atoms with Crippen molar-refractivity contribution in [3.05, 3.63) is 16.5 Å². The van der Waals surface area contributed by atoms with Gasteiger partial charge in [-0.3, -0.25) is 4.79 Å². The quantitative estimate of drug-likeness (QED) is 0.904. The highest BCUT2D eigenvalue weighted by atomic mass is 32.2. The molecule has 0 aliphatic carbocycles. The molecule has 1 heterocycles. The van der Waals surface area contributed by atoms with Crippen molar-refractivity contribution >= 4 is 27.3 Å². The standard InChI is InChI=1S/C10H15NO4S2/c1-6-5-9(16-8(6)3)17(14,15)11(4)7(2)10(12)13/h5,7H,1-4H3,(H,12,13). The third-order valence-electron chi connectivity index (χ3n) is 2.68. The van der Waals surface area contributed by atoms with E-state index in [-0.39, 0.29) is 4.21 Å². The van der Waals surface area contributed by atoms with Gasteiger partial charge in [0.05, 0.1) is 0 Å². The summed E-state index contributed by atoms with van der Waals surface area (Å²) in [5, 5.41) is 8.82. The van der Waals surface area contributed by atoms with E-state index in [0.717, 1.165) is 26.1 Å². The Labute approximate surface area is 105 Å². The molecule has 0 aliphatic heterocycles. The van der Waals surface area contributed by atoms with Gasteiger partial charge in [0.2, 0.25) is 0 Å².